The monoisotopic (exact) mass is 1660 g/mol. The van der Waals surface area contributed by atoms with E-state index in [9.17, 15) is 8.78 Å². The number of anilines is 1. The summed E-state index contributed by atoms with van der Waals surface area (Å²) < 4.78 is 156. The first-order valence-electron chi connectivity index (χ1n) is 40.1. The van der Waals surface area contributed by atoms with Crippen LogP contribution in [0.4, 0.5) is 49.6 Å². The number of aromatic amines is 5. The molecule has 0 saturated carbocycles. The number of H-pyrrole nitrogens is 5. The molecule has 0 fully saturated rings. The predicted octanol–water partition coefficient (Wildman–Crippen LogP) is 26.9. The molecule has 0 spiro atoms. The van der Waals surface area contributed by atoms with Gasteiger partial charge in [0.25, 0.3) is 11.8 Å². The lowest BCUT2D eigenvalue weighted by molar-refractivity contribution is 0.0893. The SMILES string of the molecule is Cc1cc(C)c(-c2c3nc(c(-c4c(C)cc(C)cc4C)c4ccc([nH]4)c(-c4c(C)cc(C)cc4C)c4nc(c(-c5ccc(C#Cc6ccc7c8c(cccc68)C(=O)N(c6cccc(-c8c9nc(c(-c%10c(F)c(F)c(F)c(F)c%10F)c%10ccc([nH]%10)c%10ccc([nH]%10)c(-c%10c(F)c(F)c(F)c(F)c%10F)c%10ccc8[nH]%10)C=C9)c6)C7=O)cc5)c5ccc2[nH]5)C=C4)C=C3)c(C)c1. The van der Waals surface area contributed by atoms with Crippen molar-refractivity contribution < 1.29 is 53.5 Å². The number of rotatable bonds is 8. The summed E-state index contributed by atoms with van der Waals surface area (Å²) in [5.41, 5.74) is 21.0. The van der Waals surface area contributed by atoms with E-state index in [1.165, 1.54) is 78.4 Å². The van der Waals surface area contributed by atoms with Gasteiger partial charge in [0.05, 0.1) is 62.0 Å². The molecule has 7 aromatic heterocycles. The quantitative estimate of drug-likeness (QED) is 0.0337. The summed E-state index contributed by atoms with van der Waals surface area (Å²) >= 11 is 0. The highest BCUT2D eigenvalue weighted by molar-refractivity contribution is 6.36. The molecule has 0 aliphatic carbocycles. The van der Waals surface area contributed by atoms with Crippen molar-refractivity contribution in [2.24, 2.45) is 0 Å². The molecule has 125 heavy (non-hydrogen) atoms. The molecule has 11 heterocycles. The number of imide groups is 1. The van der Waals surface area contributed by atoms with Crippen molar-refractivity contribution >= 4 is 120 Å². The zero-order valence-electron chi connectivity index (χ0n) is 68.1. The molecule has 2 amide bonds. The van der Waals surface area contributed by atoms with Crippen LogP contribution in [0.15, 0.2) is 176 Å². The molecule has 0 atom stereocenters. The summed E-state index contributed by atoms with van der Waals surface area (Å²) in [4.78, 5) is 64.4. The molecule has 9 aromatic carbocycles. The van der Waals surface area contributed by atoms with Gasteiger partial charge in [-0.2, -0.15) is 0 Å². The third-order valence-electron chi connectivity index (χ3n) is 23.8. The normalized spacial score (nSPS) is 12.6. The molecule has 0 unspecified atom stereocenters. The smallest absolute Gasteiger partial charge is 0.265 e. The molecule has 5 N–H and O–H groups in total. The Balaban J connectivity index is 0.707. The van der Waals surface area contributed by atoms with Gasteiger partial charge in [-0.3, -0.25) is 9.59 Å². The van der Waals surface area contributed by atoms with Crippen molar-refractivity contribution in [3.8, 4) is 89.7 Å². The second-order valence-corrected chi connectivity index (χ2v) is 32.1. The second-order valence-electron chi connectivity index (χ2n) is 32.1. The summed E-state index contributed by atoms with van der Waals surface area (Å²) in [6.45, 7) is 19.2. The van der Waals surface area contributed by atoms with Gasteiger partial charge in [0.2, 0.25) is 11.6 Å². The fraction of sp³-hybridized carbons (Fsp3) is 0.0865. The van der Waals surface area contributed by atoms with E-state index in [0.717, 1.165) is 133 Å². The van der Waals surface area contributed by atoms with Gasteiger partial charge in [-0.05, 0) is 268 Å². The number of aryl methyl sites for hydroxylation is 9. The van der Waals surface area contributed by atoms with Crippen LogP contribution in [-0.2, 0) is 0 Å². The number of fused-ring (bicyclic) bond motifs is 17. The Morgan fingerprint density at radius 3 is 0.984 bits per heavy atom. The van der Waals surface area contributed by atoms with Crippen LogP contribution in [0.5, 0.6) is 0 Å². The average molecular weight is 1660 g/mol. The van der Waals surface area contributed by atoms with E-state index in [2.05, 4.69) is 184 Å². The molecule has 4 aliphatic heterocycles. The van der Waals surface area contributed by atoms with Gasteiger partial charge >= 0.3 is 0 Å². The summed E-state index contributed by atoms with van der Waals surface area (Å²) in [6.07, 6.45) is 11.0. The van der Waals surface area contributed by atoms with Crippen LogP contribution >= 0.6 is 0 Å². The van der Waals surface area contributed by atoms with E-state index in [4.69, 9.17) is 15.0 Å². The lowest BCUT2D eigenvalue weighted by Gasteiger charge is -2.28. The maximum Gasteiger partial charge on any atom is 0.265 e. The van der Waals surface area contributed by atoms with Crippen LogP contribution in [0.1, 0.15) is 116 Å². The largest absolute Gasteiger partial charge is 0.354 e. The van der Waals surface area contributed by atoms with Crippen molar-refractivity contribution in [1.82, 2.24) is 39.9 Å². The summed E-state index contributed by atoms with van der Waals surface area (Å²) in [7, 11) is 0. The highest BCUT2D eigenvalue weighted by Gasteiger charge is 2.37. The minimum Gasteiger partial charge on any atom is -0.354 e. The van der Waals surface area contributed by atoms with Crippen LogP contribution in [0.3, 0.4) is 0 Å². The number of aromatic nitrogens is 8. The Kier molecular flexibility index (Phi) is 18.4. The number of halogens is 10. The van der Waals surface area contributed by atoms with E-state index in [1.807, 2.05) is 24.3 Å². The molecule has 21 heteroatoms. The van der Waals surface area contributed by atoms with E-state index < -0.39 is 92.2 Å². The molecular formula is C104H67F10N9O2. The molecule has 11 nitrogen and oxygen atoms in total. The number of hydrogen-bond donors (Lipinski definition) is 5. The van der Waals surface area contributed by atoms with Crippen molar-refractivity contribution in [3.63, 3.8) is 0 Å². The van der Waals surface area contributed by atoms with Crippen molar-refractivity contribution in [2.45, 2.75) is 62.3 Å². The number of nitrogens with one attached hydrogen (secondary N) is 5. The Bertz CT molecular complexity index is 7890. The summed E-state index contributed by atoms with van der Waals surface area (Å²) in [5, 5.41) is 0.832. The number of nitrogens with zero attached hydrogens (tertiary/aromatic N) is 4. The van der Waals surface area contributed by atoms with Crippen LogP contribution in [0.2, 0.25) is 0 Å². The number of benzene rings is 9. The van der Waals surface area contributed by atoms with E-state index >= 15 is 44.7 Å². The maximum absolute atomic E-state index is 16.3. The van der Waals surface area contributed by atoms with Gasteiger partial charge in [-0.1, -0.05) is 101 Å². The molecule has 4 aliphatic rings. The van der Waals surface area contributed by atoms with Gasteiger partial charge in [0, 0.05) is 111 Å². The minimum absolute atomic E-state index is 0.00657. The van der Waals surface area contributed by atoms with Gasteiger partial charge in [-0.25, -0.2) is 63.8 Å². The summed E-state index contributed by atoms with van der Waals surface area (Å²) in [6, 6.07) is 51.8. The van der Waals surface area contributed by atoms with Crippen LogP contribution < -0.4 is 4.90 Å². The number of carbonyl (C=O) groups is 2. The second kappa shape index (κ2) is 29.4. The topological polar surface area (TPSA) is 155 Å². The van der Waals surface area contributed by atoms with Gasteiger partial charge in [-0.15, -0.1) is 0 Å². The first kappa shape index (κ1) is 78.1. The average Bonchev–Trinajstić information content (AvgIpc) is 1.33. The fourth-order valence-corrected chi connectivity index (χ4v) is 18.8. The van der Waals surface area contributed by atoms with E-state index in [1.54, 1.807) is 30.3 Å². The Hall–Kier alpha value is -15.4. The lowest BCUT2D eigenvalue weighted by atomic mass is 9.91. The van der Waals surface area contributed by atoms with Crippen LogP contribution in [-0.4, -0.2) is 51.7 Å². The Morgan fingerprint density at radius 1 is 0.272 bits per heavy atom. The van der Waals surface area contributed by atoms with E-state index in [0.29, 0.717) is 27.6 Å². The van der Waals surface area contributed by atoms with Crippen molar-refractivity contribution in [1.29, 1.82) is 0 Å². The maximum atomic E-state index is 16.3. The molecule has 0 saturated heterocycles. The van der Waals surface area contributed by atoms with Crippen molar-refractivity contribution in [3.05, 3.63) is 341 Å². The first-order valence-corrected chi connectivity index (χ1v) is 40.1. The Labute approximate surface area is 706 Å². The lowest BCUT2D eigenvalue weighted by Crippen LogP contribution is -2.40. The van der Waals surface area contributed by atoms with Crippen molar-refractivity contribution in [2.75, 3.05) is 4.90 Å². The zero-order chi connectivity index (χ0) is 86.9. The highest BCUT2D eigenvalue weighted by atomic mass is 19.2. The molecule has 16 bridgehead atoms. The number of amides is 2. The molecule has 610 valence electrons. The highest BCUT2D eigenvalue weighted by Crippen LogP contribution is 2.47. The van der Waals surface area contributed by atoms with Gasteiger partial charge in [0.15, 0.2) is 46.5 Å². The third kappa shape index (κ3) is 12.6. The summed E-state index contributed by atoms with van der Waals surface area (Å²) in [5.74, 6) is -17.4. The molecular weight excluding hydrogens is 1600 g/mol. The van der Waals surface area contributed by atoms with Crippen LogP contribution in [0, 0.1) is 132 Å². The zero-order valence-corrected chi connectivity index (χ0v) is 68.1. The third-order valence-corrected chi connectivity index (χ3v) is 23.8. The molecule has 20 rings (SSSR count). The fourth-order valence-electron chi connectivity index (χ4n) is 18.8. The Morgan fingerprint density at radius 2 is 0.584 bits per heavy atom. The predicted molar refractivity (Wildman–Crippen MR) is 475 cm³/mol. The standard InChI is InChI=1S/C104H67F10N9O2/c1-47-40-50(4)80(51(5)41-47)86-70-32-28-66(117-70)83(67-29-33-71(118-67)87(81-52(6)42-48(2)43-53(81)7)73-37-39-75(122-73)88(74-38-36-72(86)121-74)82-54(8)44-49(3)45-55(82)9)58-20-17-56(18-21-58)16-19-57-22-23-63-85-61(57)14-11-15-62(85)103(124)123(104(63)125)60-13-10-12-59(46-60)84-68-30-34-78(119-68)89(91-93(105)97(109)101(113)98(110)94(91)106)76-26-24-64(115-76)65-25-27-77(116-65)90(79-35-31-69(84)120-79)92-95(107)99(111)102(114)100(112)96(92)108/h10-15,17-18,20-46,115-117,119,122H,1-9H3. The molecule has 0 radical (unpaired) electrons. The van der Waals surface area contributed by atoms with E-state index in [-0.39, 0.29) is 72.4 Å². The van der Waals surface area contributed by atoms with Gasteiger partial charge < -0.3 is 24.9 Å². The van der Waals surface area contributed by atoms with Gasteiger partial charge in [0.1, 0.15) is 0 Å². The molecule has 16 aromatic rings. The minimum atomic E-state index is -2.42. The first-order chi connectivity index (χ1) is 60.1. The number of hydrogen-bond acceptors (Lipinski definition) is 5. The number of carbonyl (C=O) groups excluding carboxylic acids is 2. The van der Waals surface area contributed by atoms with Crippen LogP contribution in [0.25, 0.3) is 180 Å².